The van der Waals surface area contributed by atoms with E-state index in [0.29, 0.717) is 0 Å². The predicted octanol–water partition coefficient (Wildman–Crippen LogP) is 3.08. The first-order valence-corrected chi connectivity index (χ1v) is 8.06. The summed E-state index contributed by atoms with van der Waals surface area (Å²) in [5.41, 5.74) is 0.878. The number of hydrogen-bond acceptors (Lipinski definition) is 3. The van der Waals surface area contributed by atoms with Crippen molar-refractivity contribution in [3.05, 3.63) is 59.9 Å². The average molecular weight is 309 g/mol. The molecular formula is C15H16FNO3S. The van der Waals surface area contributed by atoms with Gasteiger partial charge in [-0.3, -0.25) is 4.72 Å². The lowest BCUT2D eigenvalue weighted by molar-refractivity contribution is 0.471. The van der Waals surface area contributed by atoms with Crippen molar-refractivity contribution in [1.29, 1.82) is 0 Å². The van der Waals surface area contributed by atoms with E-state index < -0.39 is 21.6 Å². The fourth-order valence-electron chi connectivity index (χ4n) is 2.01. The van der Waals surface area contributed by atoms with Crippen LogP contribution in [-0.2, 0) is 10.0 Å². The number of benzene rings is 2. The Kier molecular flexibility index (Phi) is 4.47. The summed E-state index contributed by atoms with van der Waals surface area (Å²) in [5, 5.41) is 9.54. The summed E-state index contributed by atoms with van der Waals surface area (Å²) < 4.78 is 39.4. The minimum Gasteiger partial charge on any atom is -0.506 e. The lowest BCUT2D eigenvalue weighted by Gasteiger charge is -2.14. The maximum Gasteiger partial charge on any atom is 0.233 e. The van der Waals surface area contributed by atoms with E-state index in [-0.39, 0.29) is 17.4 Å². The summed E-state index contributed by atoms with van der Waals surface area (Å²) >= 11 is 0. The van der Waals surface area contributed by atoms with E-state index in [1.54, 1.807) is 6.92 Å². The molecule has 112 valence electrons. The standard InChI is InChI=1S/C15H16FNO3S/c1-11(12-5-3-2-4-6-12)10-21(19,20)17-14-8-7-13(16)9-15(14)18/h2-9,11,17-18H,10H2,1H3. The van der Waals surface area contributed by atoms with Crippen LogP contribution < -0.4 is 4.72 Å². The second kappa shape index (κ2) is 6.13. The second-order valence-electron chi connectivity index (χ2n) is 4.86. The molecule has 0 aliphatic carbocycles. The molecule has 2 aromatic carbocycles. The highest BCUT2D eigenvalue weighted by molar-refractivity contribution is 7.92. The monoisotopic (exact) mass is 309 g/mol. The number of anilines is 1. The maximum absolute atomic E-state index is 12.9. The summed E-state index contributed by atoms with van der Waals surface area (Å²) in [6.07, 6.45) is 0. The highest BCUT2D eigenvalue weighted by Gasteiger charge is 2.18. The lowest BCUT2D eigenvalue weighted by Crippen LogP contribution is -2.20. The van der Waals surface area contributed by atoms with Crippen molar-refractivity contribution in [3.8, 4) is 5.75 Å². The molecule has 0 aromatic heterocycles. The Hall–Kier alpha value is -2.08. The SMILES string of the molecule is CC(CS(=O)(=O)Nc1ccc(F)cc1O)c1ccccc1. The van der Waals surface area contributed by atoms with Crippen molar-refractivity contribution >= 4 is 15.7 Å². The zero-order chi connectivity index (χ0) is 15.5. The van der Waals surface area contributed by atoms with Crippen molar-refractivity contribution in [2.24, 2.45) is 0 Å². The Morgan fingerprint density at radius 3 is 2.48 bits per heavy atom. The molecule has 4 nitrogen and oxygen atoms in total. The molecule has 6 heteroatoms. The third kappa shape index (κ3) is 4.19. The molecule has 2 aromatic rings. The highest BCUT2D eigenvalue weighted by atomic mass is 32.2. The Morgan fingerprint density at radius 2 is 1.86 bits per heavy atom. The van der Waals surface area contributed by atoms with Crippen molar-refractivity contribution < 1.29 is 17.9 Å². The van der Waals surface area contributed by atoms with Gasteiger partial charge in [0.2, 0.25) is 10.0 Å². The molecule has 0 spiro atoms. The molecule has 0 amide bonds. The van der Waals surface area contributed by atoms with Gasteiger partial charge in [-0.25, -0.2) is 12.8 Å². The smallest absolute Gasteiger partial charge is 0.233 e. The Morgan fingerprint density at radius 1 is 1.19 bits per heavy atom. The van der Waals surface area contributed by atoms with Crippen molar-refractivity contribution in [2.75, 3.05) is 10.5 Å². The minimum atomic E-state index is -3.65. The second-order valence-corrected chi connectivity index (χ2v) is 6.62. The van der Waals surface area contributed by atoms with Crippen LogP contribution >= 0.6 is 0 Å². The molecule has 0 bridgehead atoms. The van der Waals surface area contributed by atoms with Gasteiger partial charge in [-0.2, -0.15) is 0 Å². The highest BCUT2D eigenvalue weighted by Crippen LogP contribution is 2.26. The molecule has 0 fully saturated rings. The van der Waals surface area contributed by atoms with Gasteiger partial charge in [-0.1, -0.05) is 37.3 Å². The molecule has 0 heterocycles. The van der Waals surface area contributed by atoms with Crippen LogP contribution in [0, 0.1) is 5.82 Å². The predicted molar refractivity (Wildman–Crippen MR) is 80.3 cm³/mol. The summed E-state index contributed by atoms with van der Waals surface area (Å²) in [6, 6.07) is 12.4. The van der Waals surface area contributed by atoms with Crippen molar-refractivity contribution in [3.63, 3.8) is 0 Å². The summed E-state index contributed by atoms with van der Waals surface area (Å²) in [6.45, 7) is 1.80. The Balaban J connectivity index is 2.12. The molecule has 0 radical (unpaired) electrons. The van der Waals surface area contributed by atoms with Crippen molar-refractivity contribution in [1.82, 2.24) is 0 Å². The Labute approximate surface area is 123 Å². The normalized spacial score (nSPS) is 12.9. The van der Waals surface area contributed by atoms with Crippen LogP contribution in [0.1, 0.15) is 18.4 Å². The zero-order valence-electron chi connectivity index (χ0n) is 11.5. The average Bonchev–Trinajstić information content (AvgIpc) is 2.42. The van der Waals surface area contributed by atoms with E-state index in [9.17, 15) is 17.9 Å². The first-order chi connectivity index (χ1) is 9.87. The molecule has 1 unspecified atom stereocenters. The minimum absolute atomic E-state index is 0.0309. The van der Waals surface area contributed by atoms with Gasteiger partial charge in [0, 0.05) is 6.07 Å². The first-order valence-electron chi connectivity index (χ1n) is 6.41. The van der Waals surface area contributed by atoms with Gasteiger partial charge >= 0.3 is 0 Å². The molecule has 1 atom stereocenters. The van der Waals surface area contributed by atoms with Gasteiger partial charge in [0.25, 0.3) is 0 Å². The van der Waals surface area contributed by atoms with Crippen LogP contribution in [0.2, 0.25) is 0 Å². The van der Waals surface area contributed by atoms with E-state index in [2.05, 4.69) is 4.72 Å². The van der Waals surface area contributed by atoms with E-state index in [4.69, 9.17) is 0 Å². The molecule has 0 aliphatic rings. The summed E-state index contributed by atoms with van der Waals surface area (Å²) in [7, 11) is -3.65. The molecule has 0 saturated heterocycles. The first kappa shape index (κ1) is 15.3. The number of phenolic OH excluding ortho intramolecular Hbond substituents is 1. The number of phenols is 1. The molecule has 0 aliphatic heterocycles. The van der Waals surface area contributed by atoms with Crippen LogP contribution in [0.3, 0.4) is 0 Å². The van der Waals surface area contributed by atoms with E-state index in [1.807, 2.05) is 30.3 Å². The number of sulfonamides is 1. The van der Waals surface area contributed by atoms with E-state index >= 15 is 0 Å². The van der Waals surface area contributed by atoms with Gasteiger partial charge in [0.15, 0.2) is 0 Å². The van der Waals surface area contributed by atoms with Crippen molar-refractivity contribution in [2.45, 2.75) is 12.8 Å². The van der Waals surface area contributed by atoms with Gasteiger partial charge in [0.05, 0.1) is 11.4 Å². The maximum atomic E-state index is 12.9. The van der Waals surface area contributed by atoms with Crippen LogP contribution in [-0.4, -0.2) is 19.3 Å². The molecule has 0 saturated carbocycles. The quantitative estimate of drug-likeness (QED) is 0.834. The van der Waals surface area contributed by atoms with Gasteiger partial charge in [-0.15, -0.1) is 0 Å². The summed E-state index contributed by atoms with van der Waals surface area (Å²) in [5.74, 6) is -1.40. The van der Waals surface area contributed by atoms with Crippen LogP contribution in [0.4, 0.5) is 10.1 Å². The number of nitrogens with one attached hydrogen (secondary N) is 1. The van der Waals surface area contributed by atoms with Gasteiger partial charge in [0.1, 0.15) is 11.6 Å². The third-order valence-corrected chi connectivity index (χ3v) is 4.53. The number of rotatable bonds is 5. The molecule has 21 heavy (non-hydrogen) atoms. The fourth-order valence-corrected chi connectivity index (χ4v) is 3.45. The largest absolute Gasteiger partial charge is 0.506 e. The number of aromatic hydroxyl groups is 1. The third-order valence-electron chi connectivity index (χ3n) is 3.06. The molecule has 2 rings (SSSR count). The van der Waals surface area contributed by atoms with E-state index in [1.165, 1.54) is 6.07 Å². The lowest BCUT2D eigenvalue weighted by atomic mass is 10.0. The van der Waals surface area contributed by atoms with Crippen LogP contribution in [0.5, 0.6) is 5.75 Å². The molecule has 2 N–H and O–H groups in total. The summed E-state index contributed by atoms with van der Waals surface area (Å²) in [4.78, 5) is 0. The van der Waals surface area contributed by atoms with Gasteiger partial charge in [-0.05, 0) is 23.6 Å². The van der Waals surface area contributed by atoms with Gasteiger partial charge < -0.3 is 5.11 Å². The Bertz CT molecular complexity index is 717. The van der Waals surface area contributed by atoms with E-state index in [0.717, 1.165) is 17.7 Å². The topological polar surface area (TPSA) is 66.4 Å². The number of hydrogen-bond donors (Lipinski definition) is 2. The number of halogens is 1. The fraction of sp³-hybridized carbons (Fsp3) is 0.200. The van der Waals surface area contributed by atoms with Crippen LogP contribution in [0.15, 0.2) is 48.5 Å². The molecular weight excluding hydrogens is 293 g/mol. The van der Waals surface area contributed by atoms with Crippen LogP contribution in [0.25, 0.3) is 0 Å². The zero-order valence-corrected chi connectivity index (χ0v) is 12.3.